The molecule has 1 N–H and O–H groups in total. The second kappa shape index (κ2) is 7.04. The van der Waals surface area contributed by atoms with Crippen molar-refractivity contribution in [2.24, 2.45) is 0 Å². The Kier molecular flexibility index (Phi) is 4.80. The Labute approximate surface area is 150 Å². The summed E-state index contributed by atoms with van der Waals surface area (Å²) in [5, 5.41) is 9.34. The highest BCUT2D eigenvalue weighted by atomic mass is 16.5. The average molecular weight is 352 g/mol. The van der Waals surface area contributed by atoms with E-state index in [1.165, 1.54) is 24.3 Å². The molecule has 0 atom stereocenters. The van der Waals surface area contributed by atoms with Crippen molar-refractivity contribution in [3.05, 3.63) is 63.8 Å². The molecule has 5 heteroatoms. The predicted molar refractivity (Wildman–Crippen MR) is 100 cm³/mol. The summed E-state index contributed by atoms with van der Waals surface area (Å²) in [7, 11) is 0. The van der Waals surface area contributed by atoms with Gasteiger partial charge in [-0.05, 0) is 56.2 Å². The van der Waals surface area contributed by atoms with Crippen LogP contribution in [0.4, 0.5) is 0 Å². The van der Waals surface area contributed by atoms with Crippen LogP contribution in [0.25, 0.3) is 22.3 Å². The minimum Gasteiger partial charge on any atom is -0.490 e. The summed E-state index contributed by atoms with van der Waals surface area (Å²) in [6.45, 7) is 5.91. The van der Waals surface area contributed by atoms with Gasteiger partial charge in [-0.1, -0.05) is 13.0 Å². The summed E-state index contributed by atoms with van der Waals surface area (Å²) >= 11 is 0. The molecule has 26 heavy (non-hydrogen) atoms. The molecule has 0 bridgehead atoms. The van der Waals surface area contributed by atoms with E-state index in [-0.39, 0.29) is 22.5 Å². The van der Waals surface area contributed by atoms with Crippen LogP contribution in [0.1, 0.15) is 36.7 Å². The molecule has 0 amide bonds. The third-order valence-corrected chi connectivity index (χ3v) is 4.05. The van der Waals surface area contributed by atoms with E-state index < -0.39 is 5.97 Å². The van der Waals surface area contributed by atoms with Crippen LogP contribution < -0.4 is 10.2 Å². The lowest BCUT2D eigenvalue weighted by Gasteiger charge is -2.15. The van der Waals surface area contributed by atoms with Crippen LogP contribution in [-0.2, 0) is 6.42 Å². The van der Waals surface area contributed by atoms with Crippen molar-refractivity contribution in [3.63, 3.8) is 0 Å². The number of benzene rings is 2. The zero-order chi connectivity index (χ0) is 18.8. The van der Waals surface area contributed by atoms with E-state index >= 15 is 0 Å². The van der Waals surface area contributed by atoms with Crippen LogP contribution in [0.2, 0.25) is 0 Å². The van der Waals surface area contributed by atoms with Gasteiger partial charge in [-0.3, -0.25) is 4.79 Å². The molecule has 0 saturated carbocycles. The molecule has 3 aromatic rings. The Morgan fingerprint density at radius 2 is 1.92 bits per heavy atom. The topological polar surface area (TPSA) is 76.7 Å². The summed E-state index contributed by atoms with van der Waals surface area (Å²) < 4.78 is 11.8. The quantitative estimate of drug-likeness (QED) is 0.731. The number of aryl methyl sites for hydroxylation is 1. The van der Waals surface area contributed by atoms with E-state index in [0.29, 0.717) is 22.7 Å². The first-order valence-corrected chi connectivity index (χ1v) is 8.50. The van der Waals surface area contributed by atoms with E-state index in [0.717, 1.165) is 12.0 Å². The fraction of sp³-hybridized carbons (Fsp3) is 0.238. The largest absolute Gasteiger partial charge is 0.490 e. The second-order valence-electron chi connectivity index (χ2n) is 6.34. The van der Waals surface area contributed by atoms with E-state index in [4.69, 9.17) is 14.3 Å². The lowest BCUT2D eigenvalue weighted by molar-refractivity contribution is 0.0697. The minimum atomic E-state index is -1.08. The number of ether oxygens (including phenoxy) is 1. The van der Waals surface area contributed by atoms with Gasteiger partial charge >= 0.3 is 5.97 Å². The molecular weight excluding hydrogens is 332 g/mol. The van der Waals surface area contributed by atoms with Crippen LogP contribution in [0.5, 0.6) is 5.75 Å². The van der Waals surface area contributed by atoms with Gasteiger partial charge in [0.25, 0.3) is 0 Å². The summed E-state index contributed by atoms with van der Waals surface area (Å²) in [4.78, 5) is 23.7. The van der Waals surface area contributed by atoms with Gasteiger partial charge < -0.3 is 14.3 Å². The summed E-state index contributed by atoms with van der Waals surface area (Å²) in [5.74, 6) is -0.0444. The van der Waals surface area contributed by atoms with Crippen LogP contribution in [-0.4, -0.2) is 17.2 Å². The summed E-state index contributed by atoms with van der Waals surface area (Å²) in [6.07, 6.45) is 0.820. The number of rotatable bonds is 5. The Hall–Kier alpha value is -3.08. The van der Waals surface area contributed by atoms with Crippen molar-refractivity contribution < 1.29 is 19.1 Å². The number of hydrogen-bond acceptors (Lipinski definition) is 4. The number of aromatic carboxylic acids is 1. The standard InChI is InChI=1S/C21H20O5/c1-4-13-5-7-19(25-12(2)3)16(9-13)20-11-17(22)15-10-14(21(23)24)6-8-18(15)26-20/h5-12H,4H2,1-3H3,(H,23,24). The third-order valence-electron chi connectivity index (χ3n) is 4.05. The minimum absolute atomic E-state index is 0.0217. The number of carbonyl (C=O) groups is 1. The van der Waals surface area contributed by atoms with Crippen molar-refractivity contribution in [1.82, 2.24) is 0 Å². The van der Waals surface area contributed by atoms with E-state index in [9.17, 15) is 9.59 Å². The van der Waals surface area contributed by atoms with Crippen molar-refractivity contribution in [3.8, 4) is 17.1 Å². The van der Waals surface area contributed by atoms with Gasteiger partial charge in [-0.25, -0.2) is 4.79 Å². The van der Waals surface area contributed by atoms with Crippen molar-refractivity contribution in [2.75, 3.05) is 0 Å². The SMILES string of the molecule is CCc1ccc(OC(C)C)c(-c2cc(=O)c3cc(C(=O)O)ccc3o2)c1. The number of fused-ring (bicyclic) bond motifs is 1. The first-order valence-electron chi connectivity index (χ1n) is 8.50. The Balaban J connectivity index is 2.20. The number of hydrogen-bond donors (Lipinski definition) is 1. The van der Waals surface area contributed by atoms with Gasteiger partial charge in [0.1, 0.15) is 17.1 Å². The van der Waals surface area contributed by atoms with E-state index in [2.05, 4.69) is 0 Å². The highest BCUT2D eigenvalue weighted by Gasteiger charge is 2.15. The van der Waals surface area contributed by atoms with Crippen LogP contribution in [0.15, 0.2) is 51.7 Å². The maximum Gasteiger partial charge on any atom is 0.335 e. The molecule has 0 radical (unpaired) electrons. The van der Waals surface area contributed by atoms with Gasteiger partial charge in [0.15, 0.2) is 5.43 Å². The number of carboxylic acids is 1. The van der Waals surface area contributed by atoms with E-state index in [1.807, 2.05) is 39.0 Å². The van der Waals surface area contributed by atoms with Crippen LogP contribution in [0, 0.1) is 0 Å². The highest BCUT2D eigenvalue weighted by molar-refractivity contribution is 5.93. The zero-order valence-corrected chi connectivity index (χ0v) is 14.9. The normalized spacial score (nSPS) is 11.1. The molecule has 1 heterocycles. The van der Waals surface area contributed by atoms with Gasteiger partial charge in [-0.2, -0.15) is 0 Å². The molecule has 1 aromatic heterocycles. The molecule has 0 fully saturated rings. The van der Waals surface area contributed by atoms with Crippen LogP contribution in [0.3, 0.4) is 0 Å². The molecule has 134 valence electrons. The molecule has 0 unspecified atom stereocenters. The molecule has 0 saturated heterocycles. The molecule has 3 rings (SSSR count). The fourth-order valence-corrected chi connectivity index (χ4v) is 2.77. The molecule has 0 aliphatic heterocycles. The maximum absolute atomic E-state index is 12.5. The molecule has 0 aliphatic rings. The zero-order valence-electron chi connectivity index (χ0n) is 14.9. The lowest BCUT2D eigenvalue weighted by Crippen LogP contribution is -2.08. The Morgan fingerprint density at radius 3 is 2.58 bits per heavy atom. The van der Waals surface area contributed by atoms with Crippen molar-refractivity contribution in [1.29, 1.82) is 0 Å². The molecular formula is C21H20O5. The predicted octanol–water partition coefficient (Wildman–Crippen LogP) is 4.51. The van der Waals surface area contributed by atoms with Crippen molar-refractivity contribution in [2.45, 2.75) is 33.3 Å². The van der Waals surface area contributed by atoms with Crippen molar-refractivity contribution >= 4 is 16.9 Å². The average Bonchev–Trinajstić information content (AvgIpc) is 2.61. The molecule has 0 spiro atoms. The number of carboxylic acid groups (broad SMARTS) is 1. The molecule has 2 aromatic carbocycles. The molecule has 0 aliphatic carbocycles. The van der Waals surface area contributed by atoms with Gasteiger partial charge in [-0.15, -0.1) is 0 Å². The monoisotopic (exact) mass is 352 g/mol. The van der Waals surface area contributed by atoms with Gasteiger partial charge in [0.05, 0.1) is 22.6 Å². The second-order valence-corrected chi connectivity index (χ2v) is 6.34. The maximum atomic E-state index is 12.5. The van der Waals surface area contributed by atoms with E-state index in [1.54, 1.807) is 0 Å². The first-order chi connectivity index (χ1) is 12.4. The molecule has 5 nitrogen and oxygen atoms in total. The summed E-state index contributed by atoms with van der Waals surface area (Å²) in [6, 6.07) is 11.5. The lowest BCUT2D eigenvalue weighted by atomic mass is 10.0. The Bertz CT molecular complexity index is 1030. The first kappa shape index (κ1) is 17.7. The Morgan fingerprint density at radius 1 is 1.15 bits per heavy atom. The van der Waals surface area contributed by atoms with Crippen LogP contribution >= 0.6 is 0 Å². The van der Waals surface area contributed by atoms with Gasteiger partial charge in [0.2, 0.25) is 0 Å². The fourth-order valence-electron chi connectivity index (χ4n) is 2.77. The smallest absolute Gasteiger partial charge is 0.335 e. The highest BCUT2D eigenvalue weighted by Crippen LogP contribution is 2.33. The summed E-state index contributed by atoms with van der Waals surface area (Å²) in [5.41, 5.74) is 1.91. The van der Waals surface area contributed by atoms with Gasteiger partial charge in [0, 0.05) is 6.07 Å². The third kappa shape index (κ3) is 3.47.